The van der Waals surface area contributed by atoms with Crippen LogP contribution < -0.4 is 0 Å². The lowest BCUT2D eigenvalue weighted by Gasteiger charge is -2.07. The average molecular weight is 193 g/mol. The molecule has 0 saturated carbocycles. The number of benzene rings is 1. The van der Waals surface area contributed by atoms with E-state index >= 15 is 0 Å². The van der Waals surface area contributed by atoms with Gasteiger partial charge in [-0.25, -0.2) is 0 Å². The van der Waals surface area contributed by atoms with E-state index in [1.54, 1.807) is 6.92 Å². The number of hydrogen-bond donors (Lipinski definition) is 0. The van der Waals surface area contributed by atoms with E-state index in [1.807, 2.05) is 26.0 Å². The van der Waals surface area contributed by atoms with Crippen molar-refractivity contribution < 1.29 is 4.92 Å². The molecule has 1 aromatic rings. The molecule has 0 heterocycles. The molecule has 1 atom stereocenters. The SMILES string of the molecule is Cc1ccc(CC(C)[N+](=O)[O-])c(C)c1. The van der Waals surface area contributed by atoms with Crippen LogP contribution in [0.3, 0.4) is 0 Å². The van der Waals surface area contributed by atoms with Crippen LogP contribution in [-0.2, 0) is 6.42 Å². The van der Waals surface area contributed by atoms with Crippen LogP contribution in [0.5, 0.6) is 0 Å². The largest absolute Gasteiger partial charge is 0.264 e. The minimum Gasteiger partial charge on any atom is -0.264 e. The van der Waals surface area contributed by atoms with Crippen molar-refractivity contribution in [3.63, 3.8) is 0 Å². The third-order valence-corrected chi connectivity index (χ3v) is 2.37. The third-order valence-electron chi connectivity index (χ3n) is 2.37. The van der Waals surface area contributed by atoms with Gasteiger partial charge in [0, 0.05) is 18.3 Å². The van der Waals surface area contributed by atoms with Crippen LogP contribution in [0.4, 0.5) is 0 Å². The molecule has 0 aliphatic heterocycles. The molecule has 1 rings (SSSR count). The molecule has 0 saturated heterocycles. The normalized spacial score (nSPS) is 12.5. The van der Waals surface area contributed by atoms with Gasteiger partial charge in [-0.15, -0.1) is 0 Å². The van der Waals surface area contributed by atoms with Crippen LogP contribution in [0.25, 0.3) is 0 Å². The summed E-state index contributed by atoms with van der Waals surface area (Å²) in [6.45, 7) is 5.65. The first-order valence-corrected chi connectivity index (χ1v) is 4.70. The van der Waals surface area contributed by atoms with Crippen molar-refractivity contribution in [2.24, 2.45) is 0 Å². The summed E-state index contributed by atoms with van der Waals surface area (Å²) in [5.74, 6) is 0. The Morgan fingerprint density at radius 1 is 1.43 bits per heavy atom. The minimum atomic E-state index is -0.503. The van der Waals surface area contributed by atoms with E-state index in [4.69, 9.17) is 0 Å². The molecule has 14 heavy (non-hydrogen) atoms. The summed E-state index contributed by atoms with van der Waals surface area (Å²) in [6.07, 6.45) is 0.513. The Balaban J connectivity index is 2.82. The highest BCUT2D eigenvalue weighted by Crippen LogP contribution is 2.13. The topological polar surface area (TPSA) is 43.1 Å². The van der Waals surface area contributed by atoms with Crippen molar-refractivity contribution in [1.82, 2.24) is 0 Å². The average Bonchev–Trinajstić information content (AvgIpc) is 2.09. The molecular formula is C11H15NO2. The van der Waals surface area contributed by atoms with Crippen LogP contribution in [0.2, 0.25) is 0 Å². The summed E-state index contributed by atoms with van der Waals surface area (Å²) in [7, 11) is 0. The Morgan fingerprint density at radius 3 is 2.57 bits per heavy atom. The second-order valence-corrected chi connectivity index (χ2v) is 3.77. The summed E-state index contributed by atoms with van der Waals surface area (Å²) in [4.78, 5) is 10.3. The maximum Gasteiger partial charge on any atom is 0.214 e. The van der Waals surface area contributed by atoms with Gasteiger partial charge in [0.25, 0.3) is 0 Å². The van der Waals surface area contributed by atoms with Gasteiger partial charge in [0.05, 0.1) is 0 Å². The molecule has 0 aliphatic rings. The predicted octanol–water partition coefficient (Wildman–Crippen LogP) is 2.51. The Bertz CT molecular complexity index is 347. The molecule has 0 amide bonds. The molecule has 1 unspecified atom stereocenters. The molecule has 76 valence electrons. The highest BCUT2D eigenvalue weighted by atomic mass is 16.6. The third kappa shape index (κ3) is 2.55. The molecule has 0 bridgehead atoms. The van der Waals surface area contributed by atoms with Crippen molar-refractivity contribution in [3.8, 4) is 0 Å². The van der Waals surface area contributed by atoms with Gasteiger partial charge in [0.1, 0.15) is 0 Å². The first-order chi connectivity index (χ1) is 6.50. The van der Waals surface area contributed by atoms with Gasteiger partial charge in [-0.05, 0) is 25.0 Å². The monoisotopic (exact) mass is 193 g/mol. The number of rotatable bonds is 3. The van der Waals surface area contributed by atoms with Crippen LogP contribution in [0.1, 0.15) is 23.6 Å². The molecule has 0 radical (unpaired) electrons. The standard InChI is InChI=1S/C11H15NO2/c1-8-4-5-11(9(2)6-8)7-10(3)12(13)14/h4-6,10H,7H2,1-3H3. The summed E-state index contributed by atoms with van der Waals surface area (Å²) in [5.41, 5.74) is 3.40. The van der Waals surface area contributed by atoms with Crippen LogP contribution in [-0.4, -0.2) is 11.0 Å². The van der Waals surface area contributed by atoms with Gasteiger partial charge in [0.15, 0.2) is 0 Å². The number of nitro groups is 1. The fraction of sp³-hybridized carbons (Fsp3) is 0.455. The minimum absolute atomic E-state index is 0.237. The van der Waals surface area contributed by atoms with E-state index in [-0.39, 0.29) is 4.92 Å². The van der Waals surface area contributed by atoms with E-state index in [1.165, 1.54) is 5.56 Å². The molecule has 0 spiro atoms. The van der Waals surface area contributed by atoms with E-state index in [0.717, 1.165) is 11.1 Å². The van der Waals surface area contributed by atoms with Crippen molar-refractivity contribution in [2.45, 2.75) is 33.2 Å². The van der Waals surface area contributed by atoms with Crippen molar-refractivity contribution in [3.05, 3.63) is 45.0 Å². The molecular weight excluding hydrogens is 178 g/mol. The second kappa shape index (κ2) is 4.22. The van der Waals surface area contributed by atoms with Gasteiger partial charge in [0.2, 0.25) is 6.04 Å². The Kier molecular flexibility index (Phi) is 3.23. The number of hydrogen-bond acceptors (Lipinski definition) is 2. The van der Waals surface area contributed by atoms with Crippen molar-refractivity contribution >= 4 is 0 Å². The molecule has 3 heteroatoms. The number of aryl methyl sites for hydroxylation is 2. The van der Waals surface area contributed by atoms with E-state index in [2.05, 4.69) is 6.07 Å². The smallest absolute Gasteiger partial charge is 0.214 e. The fourth-order valence-electron chi connectivity index (χ4n) is 1.47. The Morgan fingerprint density at radius 2 is 2.07 bits per heavy atom. The van der Waals surface area contributed by atoms with Crippen LogP contribution in [0, 0.1) is 24.0 Å². The van der Waals surface area contributed by atoms with Crippen molar-refractivity contribution in [2.75, 3.05) is 0 Å². The number of nitrogens with zero attached hydrogens (tertiary/aromatic N) is 1. The van der Waals surface area contributed by atoms with Crippen LogP contribution in [0.15, 0.2) is 18.2 Å². The fourth-order valence-corrected chi connectivity index (χ4v) is 1.47. The molecule has 3 nitrogen and oxygen atoms in total. The Hall–Kier alpha value is -1.38. The first kappa shape index (κ1) is 10.7. The quantitative estimate of drug-likeness (QED) is 0.546. The molecule has 0 fully saturated rings. The first-order valence-electron chi connectivity index (χ1n) is 4.70. The zero-order valence-corrected chi connectivity index (χ0v) is 8.78. The van der Waals surface area contributed by atoms with Crippen molar-refractivity contribution in [1.29, 1.82) is 0 Å². The highest BCUT2D eigenvalue weighted by molar-refractivity contribution is 5.30. The lowest BCUT2D eigenvalue weighted by Crippen LogP contribution is -2.18. The zero-order chi connectivity index (χ0) is 10.7. The van der Waals surface area contributed by atoms with E-state index in [9.17, 15) is 10.1 Å². The van der Waals surface area contributed by atoms with Gasteiger partial charge in [-0.1, -0.05) is 23.8 Å². The van der Waals surface area contributed by atoms with E-state index < -0.39 is 6.04 Å². The van der Waals surface area contributed by atoms with Gasteiger partial charge in [-0.2, -0.15) is 0 Å². The molecule has 0 N–H and O–H groups in total. The summed E-state index contributed by atoms with van der Waals surface area (Å²) < 4.78 is 0. The van der Waals surface area contributed by atoms with Gasteiger partial charge < -0.3 is 0 Å². The van der Waals surface area contributed by atoms with Crippen LogP contribution >= 0.6 is 0 Å². The van der Waals surface area contributed by atoms with Gasteiger partial charge >= 0.3 is 0 Å². The summed E-state index contributed by atoms with van der Waals surface area (Å²) in [5, 5.41) is 10.5. The molecule has 0 aliphatic carbocycles. The Labute approximate surface area is 83.9 Å². The predicted molar refractivity (Wildman–Crippen MR) is 56.1 cm³/mol. The molecule has 1 aromatic carbocycles. The second-order valence-electron chi connectivity index (χ2n) is 3.77. The summed E-state index contributed by atoms with van der Waals surface area (Å²) in [6, 6.07) is 5.53. The van der Waals surface area contributed by atoms with E-state index in [0.29, 0.717) is 6.42 Å². The lowest BCUT2D eigenvalue weighted by atomic mass is 10.0. The van der Waals surface area contributed by atoms with Gasteiger partial charge in [-0.3, -0.25) is 10.1 Å². The lowest BCUT2D eigenvalue weighted by molar-refractivity contribution is -0.517. The maximum atomic E-state index is 10.5. The highest BCUT2D eigenvalue weighted by Gasteiger charge is 2.14. The zero-order valence-electron chi connectivity index (χ0n) is 8.78. The molecule has 0 aromatic heterocycles. The summed E-state index contributed by atoms with van der Waals surface area (Å²) >= 11 is 0. The maximum absolute atomic E-state index is 10.5.